The number of hydrogen-bond donors (Lipinski definition) is 0. The van der Waals surface area contributed by atoms with Crippen LogP contribution in [0.4, 0.5) is 0 Å². The summed E-state index contributed by atoms with van der Waals surface area (Å²) in [5.41, 5.74) is 2.85. The van der Waals surface area contributed by atoms with Crippen LogP contribution in [0.15, 0.2) is 73.1 Å². The van der Waals surface area contributed by atoms with Crippen molar-refractivity contribution in [2.45, 2.75) is 13.2 Å². The Morgan fingerprint density at radius 2 is 1.77 bits per heavy atom. The summed E-state index contributed by atoms with van der Waals surface area (Å²) >= 11 is 6.00. The number of carbonyl (C=O) groups is 1. The van der Waals surface area contributed by atoms with Crippen molar-refractivity contribution in [2.75, 3.05) is 26.2 Å². The Kier molecular flexibility index (Phi) is 6.62. The third kappa shape index (κ3) is 5.38. The summed E-state index contributed by atoms with van der Waals surface area (Å²) in [6.45, 7) is 4.42. The molecule has 2 heterocycles. The molecule has 1 saturated heterocycles. The minimum absolute atomic E-state index is 0.0700. The monoisotopic (exact) mass is 421 g/mol. The van der Waals surface area contributed by atoms with Crippen LogP contribution in [-0.2, 0) is 13.2 Å². The summed E-state index contributed by atoms with van der Waals surface area (Å²) in [5.74, 6) is 0.782. The van der Waals surface area contributed by atoms with E-state index >= 15 is 0 Å². The van der Waals surface area contributed by atoms with E-state index < -0.39 is 0 Å². The summed E-state index contributed by atoms with van der Waals surface area (Å²) in [6, 6.07) is 19.0. The molecule has 4 rings (SSSR count). The number of piperazine rings is 1. The molecule has 1 fully saturated rings. The molecule has 1 aromatic heterocycles. The molecule has 30 heavy (non-hydrogen) atoms. The first-order valence-corrected chi connectivity index (χ1v) is 10.4. The second-order valence-electron chi connectivity index (χ2n) is 7.38. The van der Waals surface area contributed by atoms with Crippen LogP contribution in [0, 0.1) is 0 Å². The van der Waals surface area contributed by atoms with Gasteiger partial charge in [0.15, 0.2) is 0 Å². The minimum atomic E-state index is 0.0700. The molecule has 3 aromatic rings. The van der Waals surface area contributed by atoms with Crippen LogP contribution in [0.3, 0.4) is 0 Å². The predicted octanol–water partition coefficient (Wildman–Crippen LogP) is 4.27. The fraction of sp³-hybridized carbons (Fsp3) is 0.250. The van der Waals surface area contributed by atoms with Crippen LogP contribution >= 0.6 is 11.6 Å². The number of halogens is 1. The summed E-state index contributed by atoms with van der Waals surface area (Å²) in [7, 11) is 0. The van der Waals surface area contributed by atoms with Gasteiger partial charge in [-0.1, -0.05) is 35.9 Å². The molecule has 1 aliphatic rings. The number of amides is 1. The maximum absolute atomic E-state index is 13.0. The lowest BCUT2D eigenvalue weighted by Crippen LogP contribution is -2.48. The number of pyridine rings is 1. The number of rotatable bonds is 6. The molecule has 0 atom stereocenters. The van der Waals surface area contributed by atoms with Crippen molar-refractivity contribution in [1.82, 2.24) is 14.8 Å². The van der Waals surface area contributed by atoms with Gasteiger partial charge in [-0.3, -0.25) is 14.7 Å². The fourth-order valence-electron chi connectivity index (χ4n) is 3.56. The van der Waals surface area contributed by atoms with Crippen molar-refractivity contribution >= 4 is 17.5 Å². The molecule has 0 aliphatic carbocycles. The van der Waals surface area contributed by atoms with Crippen LogP contribution < -0.4 is 4.74 Å². The lowest BCUT2D eigenvalue weighted by Gasteiger charge is -2.34. The van der Waals surface area contributed by atoms with E-state index in [0.29, 0.717) is 22.9 Å². The Morgan fingerprint density at radius 3 is 2.53 bits per heavy atom. The Morgan fingerprint density at radius 1 is 0.967 bits per heavy atom. The van der Waals surface area contributed by atoms with Gasteiger partial charge < -0.3 is 9.64 Å². The number of ether oxygens (including phenoxy) is 1. The molecule has 0 radical (unpaired) electrons. The van der Waals surface area contributed by atoms with Gasteiger partial charge in [0.1, 0.15) is 12.4 Å². The highest BCUT2D eigenvalue weighted by Crippen LogP contribution is 2.19. The van der Waals surface area contributed by atoms with Gasteiger partial charge >= 0.3 is 0 Å². The SMILES string of the molecule is O=C(c1cccc(COc2cccc(Cl)c2)c1)N1CCN(Cc2cccnc2)CC1. The van der Waals surface area contributed by atoms with E-state index in [0.717, 1.165) is 38.3 Å². The van der Waals surface area contributed by atoms with Gasteiger partial charge in [0.25, 0.3) is 5.91 Å². The number of nitrogens with zero attached hydrogens (tertiary/aromatic N) is 3. The highest BCUT2D eigenvalue weighted by Gasteiger charge is 2.22. The van der Waals surface area contributed by atoms with E-state index in [2.05, 4.69) is 16.0 Å². The highest BCUT2D eigenvalue weighted by molar-refractivity contribution is 6.30. The Hall–Kier alpha value is -2.89. The molecule has 1 aliphatic heterocycles. The van der Waals surface area contributed by atoms with Crippen molar-refractivity contribution in [2.24, 2.45) is 0 Å². The van der Waals surface area contributed by atoms with Gasteiger partial charge in [-0.25, -0.2) is 0 Å². The van der Waals surface area contributed by atoms with Crippen LogP contribution in [0.5, 0.6) is 5.75 Å². The van der Waals surface area contributed by atoms with Gasteiger partial charge in [0.2, 0.25) is 0 Å². The number of aromatic nitrogens is 1. The maximum atomic E-state index is 13.0. The van der Waals surface area contributed by atoms with Crippen LogP contribution in [0.1, 0.15) is 21.5 Å². The predicted molar refractivity (Wildman–Crippen MR) is 118 cm³/mol. The van der Waals surface area contributed by atoms with Gasteiger partial charge in [-0.05, 0) is 47.5 Å². The van der Waals surface area contributed by atoms with Crippen molar-refractivity contribution in [1.29, 1.82) is 0 Å². The number of carbonyl (C=O) groups excluding carboxylic acids is 1. The smallest absolute Gasteiger partial charge is 0.253 e. The molecular formula is C24H24ClN3O2. The summed E-state index contributed by atoms with van der Waals surface area (Å²) in [6.07, 6.45) is 3.68. The Labute approximate surface area is 181 Å². The van der Waals surface area contributed by atoms with Crippen LogP contribution in [0.2, 0.25) is 5.02 Å². The Bertz CT molecular complexity index is 989. The van der Waals surface area contributed by atoms with E-state index in [1.807, 2.05) is 59.6 Å². The van der Waals surface area contributed by atoms with E-state index in [9.17, 15) is 4.79 Å². The van der Waals surface area contributed by atoms with Crippen molar-refractivity contribution in [3.63, 3.8) is 0 Å². The number of hydrogen-bond acceptors (Lipinski definition) is 4. The molecule has 6 heteroatoms. The molecule has 1 amide bonds. The van der Waals surface area contributed by atoms with E-state index in [1.54, 1.807) is 12.3 Å². The normalized spacial score (nSPS) is 14.5. The highest BCUT2D eigenvalue weighted by atomic mass is 35.5. The van der Waals surface area contributed by atoms with Gasteiger partial charge in [-0.2, -0.15) is 0 Å². The standard InChI is InChI=1S/C24H24ClN3O2/c25-22-7-2-8-23(15-22)30-18-19-4-1-6-21(14-19)24(29)28-12-10-27(11-13-28)17-20-5-3-9-26-16-20/h1-9,14-16H,10-13,17-18H2. The lowest BCUT2D eigenvalue weighted by atomic mass is 10.1. The second-order valence-corrected chi connectivity index (χ2v) is 7.81. The zero-order valence-electron chi connectivity index (χ0n) is 16.7. The van der Waals surface area contributed by atoms with Gasteiger partial charge in [0, 0.05) is 55.7 Å². The van der Waals surface area contributed by atoms with Crippen molar-refractivity contribution in [3.8, 4) is 5.75 Å². The molecule has 154 valence electrons. The largest absolute Gasteiger partial charge is 0.489 e. The summed E-state index contributed by atoms with van der Waals surface area (Å²) in [4.78, 5) is 21.4. The lowest BCUT2D eigenvalue weighted by molar-refractivity contribution is 0.0628. The van der Waals surface area contributed by atoms with Crippen molar-refractivity contribution in [3.05, 3.63) is 94.8 Å². The number of benzene rings is 2. The topological polar surface area (TPSA) is 45.7 Å². The molecule has 2 aromatic carbocycles. The summed E-state index contributed by atoms with van der Waals surface area (Å²) in [5, 5.41) is 0.638. The molecular weight excluding hydrogens is 398 g/mol. The summed E-state index contributed by atoms with van der Waals surface area (Å²) < 4.78 is 5.80. The van der Waals surface area contributed by atoms with Crippen LogP contribution in [-0.4, -0.2) is 46.9 Å². The van der Waals surface area contributed by atoms with Crippen LogP contribution in [0.25, 0.3) is 0 Å². The van der Waals surface area contributed by atoms with E-state index in [-0.39, 0.29) is 5.91 Å². The average molecular weight is 422 g/mol. The molecule has 0 unspecified atom stereocenters. The second kappa shape index (κ2) is 9.74. The first-order valence-electron chi connectivity index (χ1n) is 10.1. The average Bonchev–Trinajstić information content (AvgIpc) is 2.79. The minimum Gasteiger partial charge on any atom is -0.489 e. The fourth-order valence-corrected chi connectivity index (χ4v) is 3.74. The zero-order chi connectivity index (χ0) is 20.8. The molecule has 0 N–H and O–H groups in total. The molecule has 0 saturated carbocycles. The first kappa shape index (κ1) is 20.4. The van der Waals surface area contributed by atoms with Crippen molar-refractivity contribution < 1.29 is 9.53 Å². The van der Waals surface area contributed by atoms with Gasteiger partial charge in [0.05, 0.1) is 0 Å². The van der Waals surface area contributed by atoms with E-state index in [1.165, 1.54) is 5.56 Å². The van der Waals surface area contributed by atoms with E-state index in [4.69, 9.17) is 16.3 Å². The zero-order valence-corrected chi connectivity index (χ0v) is 17.5. The maximum Gasteiger partial charge on any atom is 0.253 e. The molecule has 5 nitrogen and oxygen atoms in total. The third-order valence-corrected chi connectivity index (χ3v) is 5.40. The molecule has 0 bridgehead atoms. The van der Waals surface area contributed by atoms with Gasteiger partial charge in [-0.15, -0.1) is 0 Å². The quantitative estimate of drug-likeness (QED) is 0.596. The molecule has 0 spiro atoms. The first-order chi connectivity index (χ1) is 14.7. The third-order valence-electron chi connectivity index (χ3n) is 5.16. The Balaban J connectivity index is 1.32.